The van der Waals surface area contributed by atoms with E-state index >= 15 is 0 Å². The predicted octanol–water partition coefficient (Wildman–Crippen LogP) is 1.77. The molecule has 7 nitrogen and oxygen atoms in total. The molecule has 0 amide bonds. The Morgan fingerprint density at radius 3 is 2.70 bits per heavy atom. The summed E-state index contributed by atoms with van der Waals surface area (Å²) >= 11 is 0. The second kappa shape index (κ2) is 6.06. The van der Waals surface area contributed by atoms with Crippen molar-refractivity contribution in [3.63, 3.8) is 0 Å². The van der Waals surface area contributed by atoms with E-state index in [1.165, 1.54) is 12.8 Å². The third-order valence-corrected chi connectivity index (χ3v) is 3.78. The third kappa shape index (κ3) is 3.17. The molecule has 1 aliphatic carbocycles. The molecule has 0 bridgehead atoms. The molecule has 1 aliphatic rings. The van der Waals surface area contributed by atoms with Crippen molar-refractivity contribution in [2.75, 3.05) is 24.3 Å². The fourth-order valence-electron chi connectivity index (χ4n) is 2.24. The van der Waals surface area contributed by atoms with Crippen molar-refractivity contribution in [1.82, 2.24) is 4.90 Å². The number of rotatable bonds is 7. The minimum Gasteiger partial charge on any atom is -0.378 e. The number of anilines is 2. The van der Waals surface area contributed by atoms with Crippen LogP contribution in [0, 0.1) is 10.1 Å². The maximum Gasteiger partial charge on any atom is 0.316 e. The maximum atomic E-state index is 11.2. The number of hydrazine groups is 1. The van der Waals surface area contributed by atoms with Crippen LogP contribution in [0.25, 0.3) is 0 Å². The van der Waals surface area contributed by atoms with E-state index in [1.807, 2.05) is 0 Å². The topological polar surface area (TPSA) is 96.5 Å². The van der Waals surface area contributed by atoms with Gasteiger partial charge in [-0.25, -0.2) is 0 Å². The van der Waals surface area contributed by atoms with Gasteiger partial charge in [-0.15, -0.1) is 0 Å². The highest BCUT2D eigenvalue weighted by atomic mass is 16.6. The first-order valence-electron chi connectivity index (χ1n) is 6.74. The summed E-state index contributed by atoms with van der Waals surface area (Å²) in [5.74, 6) is 5.32. The van der Waals surface area contributed by atoms with Gasteiger partial charge in [0.2, 0.25) is 0 Å². The van der Waals surface area contributed by atoms with Crippen LogP contribution in [0.5, 0.6) is 0 Å². The molecule has 4 N–H and O–H groups in total. The van der Waals surface area contributed by atoms with Crippen molar-refractivity contribution in [2.45, 2.75) is 31.8 Å². The van der Waals surface area contributed by atoms with Crippen molar-refractivity contribution in [2.24, 2.45) is 5.84 Å². The van der Waals surface area contributed by atoms with Crippen LogP contribution < -0.4 is 16.6 Å². The van der Waals surface area contributed by atoms with Crippen molar-refractivity contribution in [3.8, 4) is 0 Å². The molecule has 0 aromatic heterocycles. The van der Waals surface area contributed by atoms with Gasteiger partial charge in [-0.2, -0.15) is 0 Å². The van der Waals surface area contributed by atoms with Gasteiger partial charge in [0.15, 0.2) is 0 Å². The zero-order chi connectivity index (χ0) is 14.7. The fourth-order valence-corrected chi connectivity index (χ4v) is 2.24. The number of nitrogens with zero attached hydrogens (tertiary/aromatic N) is 2. The lowest BCUT2D eigenvalue weighted by Gasteiger charge is -2.25. The largest absolute Gasteiger partial charge is 0.378 e. The van der Waals surface area contributed by atoms with E-state index < -0.39 is 4.92 Å². The summed E-state index contributed by atoms with van der Waals surface area (Å²) < 4.78 is 0. The summed E-state index contributed by atoms with van der Waals surface area (Å²) in [5.41, 5.74) is 3.14. The monoisotopic (exact) mass is 279 g/mol. The van der Waals surface area contributed by atoms with E-state index in [-0.39, 0.29) is 5.69 Å². The molecule has 0 aliphatic heterocycles. The highest BCUT2D eigenvalue weighted by molar-refractivity contribution is 5.75. The lowest BCUT2D eigenvalue weighted by atomic mass is 10.2. The number of nitro benzene ring substituents is 1. The third-order valence-electron chi connectivity index (χ3n) is 3.78. The van der Waals surface area contributed by atoms with Crippen LogP contribution in [-0.2, 0) is 0 Å². The molecule has 7 heteroatoms. The number of hydrogen-bond donors (Lipinski definition) is 3. The summed E-state index contributed by atoms with van der Waals surface area (Å²) in [6.07, 6.45) is 2.49. The quantitative estimate of drug-likeness (QED) is 0.400. The fraction of sp³-hybridized carbons (Fsp3) is 0.538. The van der Waals surface area contributed by atoms with Crippen molar-refractivity contribution >= 4 is 17.1 Å². The predicted molar refractivity (Wildman–Crippen MR) is 79.6 cm³/mol. The zero-order valence-corrected chi connectivity index (χ0v) is 11.8. The van der Waals surface area contributed by atoms with Gasteiger partial charge in [0, 0.05) is 18.6 Å². The number of nitrogens with two attached hydrogens (primary N) is 1. The molecule has 0 radical (unpaired) electrons. The van der Waals surface area contributed by atoms with Crippen LogP contribution in [0.15, 0.2) is 18.2 Å². The number of hydrogen-bond acceptors (Lipinski definition) is 6. The van der Waals surface area contributed by atoms with Gasteiger partial charge in [0.1, 0.15) is 11.4 Å². The molecule has 0 heterocycles. The Bertz CT molecular complexity index is 490. The van der Waals surface area contributed by atoms with Crippen LogP contribution in [0.1, 0.15) is 19.8 Å². The van der Waals surface area contributed by atoms with E-state index in [4.69, 9.17) is 5.84 Å². The van der Waals surface area contributed by atoms with Gasteiger partial charge in [-0.3, -0.25) is 20.9 Å². The van der Waals surface area contributed by atoms with Gasteiger partial charge >= 0.3 is 5.69 Å². The molecule has 0 spiro atoms. The Hall–Kier alpha value is -1.86. The maximum absolute atomic E-state index is 11.2. The van der Waals surface area contributed by atoms with E-state index in [9.17, 15) is 10.1 Å². The number of benzene rings is 1. The highest BCUT2D eigenvalue weighted by Crippen LogP contribution is 2.32. The number of para-hydroxylation sites is 1. The van der Waals surface area contributed by atoms with Crippen LogP contribution in [0.2, 0.25) is 0 Å². The molecule has 2 rings (SSSR count). The molecule has 1 aromatic carbocycles. The van der Waals surface area contributed by atoms with Crippen molar-refractivity contribution in [3.05, 3.63) is 28.3 Å². The smallest absolute Gasteiger partial charge is 0.316 e. The molecule has 20 heavy (non-hydrogen) atoms. The zero-order valence-electron chi connectivity index (χ0n) is 11.8. The molecular weight excluding hydrogens is 258 g/mol. The molecule has 1 saturated carbocycles. The molecular formula is C13H21N5O2. The van der Waals surface area contributed by atoms with Crippen LogP contribution in [0.3, 0.4) is 0 Å². The van der Waals surface area contributed by atoms with Crippen molar-refractivity contribution in [1.29, 1.82) is 0 Å². The van der Waals surface area contributed by atoms with Gasteiger partial charge in [0.25, 0.3) is 0 Å². The lowest BCUT2D eigenvalue weighted by molar-refractivity contribution is -0.383. The summed E-state index contributed by atoms with van der Waals surface area (Å²) in [4.78, 5) is 13.0. The average Bonchev–Trinajstić information content (AvgIpc) is 3.27. The van der Waals surface area contributed by atoms with Crippen LogP contribution in [0.4, 0.5) is 17.1 Å². The standard InChI is InChI=1S/C13H21N5O2/c1-9(17(2)10-6-7-10)8-15-11-4-3-5-12(16-14)13(11)18(19)20/h3-5,9-10,15-16H,6-8,14H2,1-2H3. The second-order valence-corrected chi connectivity index (χ2v) is 5.23. The number of nitro groups is 1. The normalized spacial score (nSPS) is 16.0. The number of likely N-dealkylation sites (N-methyl/N-ethyl adjacent to an activating group) is 1. The molecule has 1 atom stereocenters. The van der Waals surface area contributed by atoms with Gasteiger partial charge in [0.05, 0.1) is 4.92 Å². The molecule has 1 aromatic rings. The van der Waals surface area contributed by atoms with Crippen LogP contribution in [-0.4, -0.2) is 35.5 Å². The summed E-state index contributed by atoms with van der Waals surface area (Å²) in [7, 11) is 2.09. The summed E-state index contributed by atoms with van der Waals surface area (Å²) in [6, 6.07) is 6.00. The Labute approximate surface area is 118 Å². The first kappa shape index (κ1) is 14.5. The van der Waals surface area contributed by atoms with Gasteiger partial charge in [-0.05, 0) is 38.9 Å². The SMILES string of the molecule is CC(CNc1cccc(NN)c1[N+](=O)[O-])N(C)C1CC1. The Morgan fingerprint density at radius 2 is 2.15 bits per heavy atom. The highest BCUT2D eigenvalue weighted by Gasteiger charge is 2.29. The first-order chi connectivity index (χ1) is 9.54. The summed E-state index contributed by atoms with van der Waals surface area (Å²) in [5, 5.41) is 14.3. The minimum atomic E-state index is -0.424. The second-order valence-electron chi connectivity index (χ2n) is 5.23. The Balaban J connectivity index is 2.06. The molecule has 110 valence electrons. The van der Waals surface area contributed by atoms with E-state index in [0.717, 1.165) is 0 Å². The first-order valence-corrected chi connectivity index (χ1v) is 6.74. The van der Waals surface area contributed by atoms with E-state index in [2.05, 4.69) is 29.6 Å². The molecule has 1 fully saturated rings. The molecule has 0 saturated heterocycles. The number of nitrogen functional groups attached to an aromatic ring is 1. The Morgan fingerprint density at radius 1 is 1.50 bits per heavy atom. The molecule has 1 unspecified atom stereocenters. The average molecular weight is 279 g/mol. The minimum absolute atomic E-state index is 0.0173. The van der Waals surface area contributed by atoms with Gasteiger partial charge in [-0.1, -0.05) is 6.07 Å². The Kier molecular flexibility index (Phi) is 4.41. The van der Waals surface area contributed by atoms with Crippen molar-refractivity contribution < 1.29 is 4.92 Å². The van der Waals surface area contributed by atoms with E-state index in [0.29, 0.717) is 30.0 Å². The number of nitrogens with one attached hydrogen (secondary N) is 2. The van der Waals surface area contributed by atoms with Crippen LogP contribution >= 0.6 is 0 Å². The van der Waals surface area contributed by atoms with Gasteiger partial charge < -0.3 is 10.7 Å². The lowest BCUT2D eigenvalue weighted by Crippen LogP contribution is -2.36. The summed E-state index contributed by atoms with van der Waals surface area (Å²) in [6.45, 7) is 2.77. The van der Waals surface area contributed by atoms with E-state index in [1.54, 1.807) is 18.2 Å².